The molecule has 3 N–H and O–H groups in total. The normalized spacial score (nSPS) is 25.2. The first-order valence-electron chi connectivity index (χ1n) is 8.55. The summed E-state index contributed by atoms with van der Waals surface area (Å²) in [6.07, 6.45) is -1.70. The zero-order chi connectivity index (χ0) is 22.9. The van der Waals surface area contributed by atoms with Crippen molar-refractivity contribution in [2.45, 2.75) is 23.8 Å². The second-order valence-corrected chi connectivity index (χ2v) is 9.06. The van der Waals surface area contributed by atoms with Gasteiger partial charge in [-0.1, -0.05) is 0 Å². The van der Waals surface area contributed by atoms with Crippen molar-refractivity contribution in [3.63, 3.8) is 0 Å². The van der Waals surface area contributed by atoms with E-state index in [2.05, 4.69) is 30.7 Å². The Bertz CT molecular complexity index is 844. The van der Waals surface area contributed by atoms with Gasteiger partial charge in [0.2, 0.25) is 0 Å². The number of allylic oxidation sites excluding steroid dienone is 1. The van der Waals surface area contributed by atoms with Gasteiger partial charge in [0.05, 0.1) is 0 Å². The topological polar surface area (TPSA) is 151 Å². The molecule has 1 spiro atoms. The fourth-order valence-electron chi connectivity index (χ4n) is 3.22. The second kappa shape index (κ2) is 8.50. The van der Waals surface area contributed by atoms with Gasteiger partial charge in [0.25, 0.3) is 0 Å². The molecule has 13 nitrogen and oxygen atoms in total. The van der Waals surface area contributed by atoms with Gasteiger partial charge in [0.1, 0.15) is 0 Å². The summed E-state index contributed by atoms with van der Waals surface area (Å²) in [5.74, 6) is -1.39. The van der Waals surface area contributed by atoms with Crippen molar-refractivity contribution in [1.82, 2.24) is 26.2 Å². The number of hydrogen-bond acceptors (Lipinski definition) is 10. The third-order valence-corrected chi connectivity index (χ3v) is 8.29. The van der Waals surface area contributed by atoms with E-state index < -0.39 is 49.0 Å². The maximum absolute atomic E-state index is 13.3. The summed E-state index contributed by atoms with van der Waals surface area (Å²) in [5, 5.41) is 1.24. The van der Waals surface area contributed by atoms with Crippen LogP contribution in [0.25, 0.3) is 0 Å². The number of aliphatic imine (C=N–C) groups is 1. The molecule has 166 valence electrons. The number of amides is 3. The van der Waals surface area contributed by atoms with Gasteiger partial charge in [-0.15, -0.1) is 0 Å². The Morgan fingerprint density at radius 3 is 2.17 bits per heavy atom. The number of methoxy groups -OCH3 is 3. The molecule has 2 aliphatic rings. The predicted molar refractivity (Wildman–Crippen MR) is 104 cm³/mol. The molecule has 2 unspecified atom stereocenters. The van der Waals surface area contributed by atoms with E-state index in [4.69, 9.17) is 4.74 Å². The first-order valence-corrected chi connectivity index (χ1v) is 10.3. The van der Waals surface area contributed by atoms with Crippen LogP contribution in [-0.4, -0.2) is 94.8 Å². The van der Waals surface area contributed by atoms with Gasteiger partial charge in [-0.25, -0.2) is 0 Å². The van der Waals surface area contributed by atoms with Crippen molar-refractivity contribution in [3.8, 4) is 0 Å². The van der Waals surface area contributed by atoms with Crippen molar-refractivity contribution < 1.29 is 33.4 Å². The Labute approximate surface area is 179 Å². The summed E-state index contributed by atoms with van der Waals surface area (Å²) < 4.78 is 13.1. The van der Waals surface area contributed by atoms with E-state index in [1.165, 1.54) is 26.0 Å². The molecule has 0 aromatic heterocycles. The van der Waals surface area contributed by atoms with Crippen molar-refractivity contribution in [3.05, 3.63) is 11.3 Å². The first-order chi connectivity index (χ1) is 14.0. The van der Waals surface area contributed by atoms with Gasteiger partial charge in [0, 0.05) is 0 Å². The number of nitrogens with one attached hydrogen (secondary N) is 3. The van der Waals surface area contributed by atoms with Gasteiger partial charge >= 0.3 is 179 Å². The van der Waals surface area contributed by atoms with E-state index in [1.54, 1.807) is 19.0 Å². The first kappa shape index (κ1) is 23.4. The van der Waals surface area contributed by atoms with E-state index in [1.807, 2.05) is 0 Å². The quantitative estimate of drug-likeness (QED) is 0.192. The van der Waals surface area contributed by atoms with Crippen LogP contribution in [0, 0.1) is 0 Å². The van der Waals surface area contributed by atoms with E-state index in [0.717, 1.165) is 14.2 Å². The fraction of sp³-hybridized carbons (Fsp3) is 0.562. The molecule has 0 aromatic carbocycles. The van der Waals surface area contributed by atoms with Crippen molar-refractivity contribution >= 4 is 43.8 Å². The van der Waals surface area contributed by atoms with Gasteiger partial charge in [-0.2, -0.15) is 0 Å². The van der Waals surface area contributed by atoms with Crippen LogP contribution in [-0.2, 0) is 23.8 Å². The molecule has 0 saturated carbocycles. The number of hydrogen-bond donors (Lipinski definition) is 3. The van der Waals surface area contributed by atoms with E-state index >= 15 is 0 Å². The molecule has 30 heavy (non-hydrogen) atoms. The summed E-state index contributed by atoms with van der Waals surface area (Å²) in [5.41, 5.74) is 6.20. The summed E-state index contributed by atoms with van der Waals surface area (Å²) in [4.78, 5) is 55.7. The van der Waals surface area contributed by atoms with Crippen molar-refractivity contribution in [2.24, 2.45) is 4.99 Å². The Morgan fingerprint density at radius 1 is 1.10 bits per heavy atom. The number of carbonyl (C=O) groups excluding carboxylic acids is 4. The van der Waals surface area contributed by atoms with E-state index in [0.29, 0.717) is 4.73 Å². The minimum absolute atomic E-state index is 0.00803. The average Bonchev–Trinajstić information content (AvgIpc) is 3.15. The van der Waals surface area contributed by atoms with Gasteiger partial charge in [0.15, 0.2) is 0 Å². The molecule has 3 amide bonds. The molecular formula is C16H24N6O7Se. The molecule has 2 rings (SSSR count). The zero-order valence-corrected chi connectivity index (χ0v) is 19.3. The number of carbonyl (C=O) groups is 4. The Balaban J connectivity index is 2.71. The van der Waals surface area contributed by atoms with Crippen LogP contribution in [0.1, 0.15) is 13.8 Å². The molecule has 0 aliphatic carbocycles. The summed E-state index contributed by atoms with van der Waals surface area (Å²) >= 11 is -0.746. The molecule has 0 aromatic rings. The molecule has 0 bridgehead atoms. The summed E-state index contributed by atoms with van der Waals surface area (Å²) in [7, 11) is 6.95. The number of nitrogens with zero attached hydrogens (tertiary/aromatic N) is 3. The van der Waals surface area contributed by atoms with Crippen molar-refractivity contribution in [1.29, 1.82) is 0 Å². The third kappa shape index (κ3) is 3.46. The molecule has 0 saturated heterocycles. The molecule has 0 radical (unpaired) electrons. The fourth-order valence-corrected chi connectivity index (χ4v) is 6.14. The Kier molecular flexibility index (Phi) is 6.64. The molecular weight excluding hydrogens is 467 g/mol. The summed E-state index contributed by atoms with van der Waals surface area (Å²) in [6, 6.07) is 0. The standard InChI is InChI=1S/C16H24N6O7Se/c1-8-9(10(23)27-5)16(11(24)17-12(30-16)21(3)4)15(2,20-18-13(25)28-6)22(8)19-14(26)29-7/h20H,1-7H3,(H,18,25)(H,19,26). The molecule has 14 heteroatoms. The van der Waals surface area contributed by atoms with Crippen LogP contribution < -0.4 is 16.3 Å². The van der Waals surface area contributed by atoms with Gasteiger partial charge in [-0.05, 0) is 0 Å². The Morgan fingerprint density at radius 2 is 1.70 bits per heavy atom. The third-order valence-electron chi connectivity index (χ3n) is 4.68. The summed E-state index contributed by atoms with van der Waals surface area (Å²) in [6.45, 7) is 3.07. The number of ether oxygens (including phenoxy) is 3. The van der Waals surface area contributed by atoms with Gasteiger partial charge in [-0.3, -0.25) is 0 Å². The van der Waals surface area contributed by atoms with Crippen LogP contribution in [0.15, 0.2) is 16.3 Å². The van der Waals surface area contributed by atoms with Crippen LogP contribution in [0.2, 0.25) is 4.31 Å². The number of hydrazine groups is 2. The number of esters is 1. The SMILES string of the molecule is COC(=O)NNC1(C)N(NC(=O)OC)C(C)=C(C(=O)OC)C12[Se]C(N(C)C)=NC2=O. The maximum atomic E-state index is 13.3. The minimum atomic E-state index is -1.58. The van der Waals surface area contributed by atoms with E-state index in [-0.39, 0.29) is 11.3 Å². The van der Waals surface area contributed by atoms with Gasteiger partial charge < -0.3 is 0 Å². The van der Waals surface area contributed by atoms with Crippen molar-refractivity contribution in [2.75, 3.05) is 35.4 Å². The molecule has 2 heterocycles. The van der Waals surface area contributed by atoms with Crippen LogP contribution >= 0.6 is 0 Å². The zero-order valence-electron chi connectivity index (χ0n) is 17.6. The molecule has 2 atom stereocenters. The van der Waals surface area contributed by atoms with Crippen LogP contribution in [0.5, 0.6) is 0 Å². The number of rotatable bonds is 4. The predicted octanol–water partition coefficient (Wildman–Crippen LogP) is -1.08. The second-order valence-electron chi connectivity index (χ2n) is 6.58. The van der Waals surface area contributed by atoms with Crippen LogP contribution in [0.3, 0.4) is 0 Å². The molecule has 0 fully saturated rings. The average molecular weight is 491 g/mol. The van der Waals surface area contributed by atoms with Crippen LogP contribution in [0.4, 0.5) is 9.59 Å². The number of amidine groups is 1. The van der Waals surface area contributed by atoms with E-state index in [9.17, 15) is 19.2 Å². The monoisotopic (exact) mass is 492 g/mol. The Hall–Kier alpha value is -2.83. The molecule has 2 aliphatic heterocycles.